The van der Waals surface area contributed by atoms with Crippen LogP contribution >= 0.6 is 0 Å². The van der Waals surface area contributed by atoms with Gasteiger partial charge in [-0.15, -0.1) is 0 Å². The first-order valence-electron chi connectivity index (χ1n) is 8.98. The van der Waals surface area contributed by atoms with Gasteiger partial charge in [-0.2, -0.15) is 0 Å². The molecule has 0 radical (unpaired) electrons. The minimum Gasteiger partial charge on any atom is -0.348 e. The minimum atomic E-state index is -0.324. The summed E-state index contributed by atoms with van der Waals surface area (Å²) in [4.78, 5) is 32.2. The number of hydrogen-bond acceptors (Lipinski definition) is 4. The Labute approximate surface area is 166 Å². The van der Waals surface area contributed by atoms with Gasteiger partial charge in [-0.05, 0) is 53.6 Å². The summed E-state index contributed by atoms with van der Waals surface area (Å²) in [5.74, 6) is -0.690. The first-order valence-corrected chi connectivity index (χ1v) is 8.98. The molecule has 0 aliphatic carbocycles. The molecule has 1 aromatic carbocycles. The molecule has 7 heteroatoms. The molecule has 0 unspecified atom stereocenters. The highest BCUT2D eigenvalue weighted by molar-refractivity contribution is 5.99. The van der Waals surface area contributed by atoms with Gasteiger partial charge in [0.25, 0.3) is 0 Å². The molecule has 2 amide bonds. The second kappa shape index (κ2) is 7.63. The Bertz CT molecular complexity index is 1130. The third-order valence-corrected chi connectivity index (χ3v) is 4.66. The fraction of sp³-hybridized carbons (Fsp3) is 0.0909. The number of nitrogens with zero attached hydrogens (tertiary/aromatic N) is 2. The summed E-state index contributed by atoms with van der Waals surface area (Å²) in [5.41, 5.74) is 5.16. The Morgan fingerprint density at radius 2 is 1.93 bits per heavy atom. The van der Waals surface area contributed by atoms with Gasteiger partial charge >= 0.3 is 0 Å². The highest BCUT2D eigenvalue weighted by Crippen LogP contribution is 2.31. The summed E-state index contributed by atoms with van der Waals surface area (Å²) in [6, 6.07) is 9.76. The van der Waals surface area contributed by atoms with Crippen LogP contribution in [0.25, 0.3) is 22.5 Å². The fourth-order valence-electron chi connectivity index (χ4n) is 3.17. The van der Waals surface area contributed by atoms with Crippen LogP contribution in [-0.2, 0) is 22.6 Å². The van der Waals surface area contributed by atoms with Crippen LogP contribution in [0.5, 0.6) is 0 Å². The molecule has 0 bridgehead atoms. The lowest BCUT2D eigenvalue weighted by atomic mass is 10.0. The van der Waals surface area contributed by atoms with Crippen LogP contribution in [0.3, 0.4) is 0 Å². The number of fused-ring (bicyclic) bond motifs is 1. The number of aromatic nitrogens is 2. The summed E-state index contributed by atoms with van der Waals surface area (Å²) < 4.78 is 13.3. The largest absolute Gasteiger partial charge is 0.348 e. The first-order chi connectivity index (χ1) is 14.0. The second-order valence-electron chi connectivity index (χ2n) is 6.61. The monoisotopic (exact) mass is 388 g/mol. The van der Waals surface area contributed by atoms with Gasteiger partial charge in [0, 0.05) is 23.9 Å². The maximum Gasteiger partial charge on any atom is 0.243 e. The lowest BCUT2D eigenvalue weighted by Gasteiger charge is -2.12. The molecule has 0 saturated heterocycles. The maximum atomic E-state index is 13.3. The third kappa shape index (κ3) is 3.89. The number of carbonyl (C=O) groups excluding carboxylic acids is 2. The lowest BCUT2D eigenvalue weighted by Crippen LogP contribution is -2.20. The van der Waals surface area contributed by atoms with Gasteiger partial charge in [0.1, 0.15) is 5.82 Å². The van der Waals surface area contributed by atoms with Crippen molar-refractivity contribution in [3.8, 4) is 22.5 Å². The predicted octanol–water partition coefficient (Wildman–Crippen LogP) is 3.25. The highest BCUT2D eigenvalue weighted by atomic mass is 19.1. The summed E-state index contributed by atoms with van der Waals surface area (Å²) in [6.07, 6.45) is 4.78. The van der Waals surface area contributed by atoms with Gasteiger partial charge in [-0.1, -0.05) is 6.58 Å². The van der Waals surface area contributed by atoms with Crippen molar-refractivity contribution >= 4 is 17.5 Å². The highest BCUT2D eigenvalue weighted by Gasteiger charge is 2.20. The zero-order valence-corrected chi connectivity index (χ0v) is 15.4. The molecule has 144 valence electrons. The number of nitrogens with one attached hydrogen (secondary N) is 2. The van der Waals surface area contributed by atoms with Gasteiger partial charge < -0.3 is 10.6 Å². The Hall–Kier alpha value is -3.87. The van der Waals surface area contributed by atoms with Gasteiger partial charge in [0.15, 0.2) is 0 Å². The molecule has 3 aromatic rings. The van der Waals surface area contributed by atoms with E-state index >= 15 is 0 Å². The molecule has 0 atom stereocenters. The Morgan fingerprint density at radius 1 is 1.17 bits per heavy atom. The number of benzene rings is 1. The van der Waals surface area contributed by atoms with Gasteiger partial charge in [0.2, 0.25) is 11.8 Å². The molecule has 1 aliphatic rings. The second-order valence-corrected chi connectivity index (χ2v) is 6.61. The number of pyridine rings is 2. The number of hydrogen-bond donors (Lipinski definition) is 2. The molecule has 0 fully saturated rings. The molecule has 2 aromatic heterocycles. The average Bonchev–Trinajstić information content (AvgIpc) is 3.11. The SMILES string of the molecule is C=CC(=O)NCc1cnc(-c2ccc(F)cc2)cc1-c1cc2c(cn1)NC(=O)C2. The molecule has 4 rings (SSSR count). The molecule has 2 N–H and O–H groups in total. The van der Waals surface area contributed by atoms with E-state index in [-0.39, 0.29) is 24.2 Å². The standard InChI is InChI=1S/C22H17FN4O2/c1-2-21(28)26-11-15-10-24-18(13-3-5-16(23)6-4-13)9-17(15)19-7-14-8-22(29)27-20(14)12-25-19/h2-7,9-10,12H,1,8,11H2,(H,26,28)(H,27,29). The van der Waals surface area contributed by atoms with Crippen LogP contribution < -0.4 is 10.6 Å². The number of amides is 2. The van der Waals surface area contributed by atoms with E-state index in [0.29, 0.717) is 23.5 Å². The third-order valence-electron chi connectivity index (χ3n) is 4.66. The van der Waals surface area contributed by atoms with Crippen LogP contribution in [0.2, 0.25) is 0 Å². The van der Waals surface area contributed by atoms with Gasteiger partial charge in [-0.25, -0.2) is 4.39 Å². The van der Waals surface area contributed by atoms with Crippen molar-refractivity contribution in [2.75, 3.05) is 5.32 Å². The van der Waals surface area contributed by atoms with Crippen molar-refractivity contribution < 1.29 is 14.0 Å². The van der Waals surface area contributed by atoms with Crippen molar-refractivity contribution in [3.05, 3.63) is 78.4 Å². The summed E-state index contributed by atoms with van der Waals surface area (Å²) in [7, 11) is 0. The number of carbonyl (C=O) groups is 2. The van der Waals surface area contributed by atoms with Crippen molar-refractivity contribution in [3.63, 3.8) is 0 Å². The molecular formula is C22H17FN4O2. The van der Waals surface area contributed by atoms with Crippen LogP contribution in [0.4, 0.5) is 10.1 Å². The lowest BCUT2D eigenvalue weighted by molar-refractivity contribution is -0.117. The van der Waals surface area contributed by atoms with E-state index in [1.165, 1.54) is 18.2 Å². The maximum absolute atomic E-state index is 13.3. The van der Waals surface area contributed by atoms with E-state index in [1.807, 2.05) is 12.1 Å². The van der Waals surface area contributed by atoms with E-state index in [1.54, 1.807) is 24.5 Å². The quantitative estimate of drug-likeness (QED) is 0.657. The molecule has 1 aliphatic heterocycles. The van der Waals surface area contributed by atoms with Crippen molar-refractivity contribution in [2.24, 2.45) is 0 Å². The Balaban J connectivity index is 1.77. The molecule has 0 saturated carbocycles. The van der Waals surface area contributed by atoms with Gasteiger partial charge in [0.05, 0.1) is 29.7 Å². The number of rotatable bonds is 5. The summed E-state index contributed by atoms with van der Waals surface area (Å²) in [5, 5.41) is 5.51. The molecule has 3 heterocycles. The van der Waals surface area contributed by atoms with E-state index < -0.39 is 0 Å². The Morgan fingerprint density at radius 3 is 2.69 bits per heavy atom. The molecule has 6 nitrogen and oxygen atoms in total. The van der Waals surface area contributed by atoms with Crippen molar-refractivity contribution in [2.45, 2.75) is 13.0 Å². The fourth-order valence-corrected chi connectivity index (χ4v) is 3.17. The number of anilines is 1. The summed E-state index contributed by atoms with van der Waals surface area (Å²) >= 11 is 0. The van der Waals surface area contributed by atoms with E-state index in [4.69, 9.17) is 0 Å². The minimum absolute atomic E-state index is 0.0702. The van der Waals surface area contributed by atoms with Crippen LogP contribution in [0, 0.1) is 5.82 Å². The average molecular weight is 388 g/mol. The van der Waals surface area contributed by atoms with E-state index in [0.717, 1.165) is 22.3 Å². The number of halogens is 1. The zero-order valence-electron chi connectivity index (χ0n) is 15.4. The van der Waals surface area contributed by atoms with Crippen LogP contribution in [-0.4, -0.2) is 21.8 Å². The normalized spacial score (nSPS) is 12.2. The Kier molecular flexibility index (Phi) is 4.87. The molecular weight excluding hydrogens is 371 g/mol. The van der Waals surface area contributed by atoms with Gasteiger partial charge in [-0.3, -0.25) is 19.6 Å². The molecule has 0 spiro atoms. The zero-order chi connectivity index (χ0) is 20.4. The predicted molar refractivity (Wildman–Crippen MR) is 107 cm³/mol. The van der Waals surface area contributed by atoms with E-state index in [2.05, 4.69) is 27.2 Å². The van der Waals surface area contributed by atoms with Crippen LogP contribution in [0.15, 0.2) is 61.4 Å². The first kappa shape index (κ1) is 18.5. The smallest absolute Gasteiger partial charge is 0.243 e. The topological polar surface area (TPSA) is 84.0 Å². The van der Waals surface area contributed by atoms with Crippen molar-refractivity contribution in [1.29, 1.82) is 0 Å². The van der Waals surface area contributed by atoms with Crippen molar-refractivity contribution in [1.82, 2.24) is 15.3 Å². The molecule has 29 heavy (non-hydrogen) atoms. The summed E-state index contributed by atoms with van der Waals surface area (Å²) in [6.45, 7) is 3.69. The van der Waals surface area contributed by atoms with E-state index in [9.17, 15) is 14.0 Å². The van der Waals surface area contributed by atoms with Crippen LogP contribution in [0.1, 0.15) is 11.1 Å².